The Morgan fingerprint density at radius 3 is 1.81 bits per heavy atom. The van der Waals surface area contributed by atoms with Gasteiger partial charge in [0.05, 0.1) is 0 Å². The summed E-state index contributed by atoms with van der Waals surface area (Å²) in [5, 5.41) is 9.87. The second-order valence-corrected chi connectivity index (χ2v) is 10.6. The van der Waals surface area contributed by atoms with Crippen LogP contribution in [0, 0.1) is 0 Å². The Morgan fingerprint density at radius 2 is 1.38 bits per heavy atom. The fourth-order valence-electron chi connectivity index (χ4n) is 5.21. The Balaban J connectivity index is 0.000000733. The van der Waals surface area contributed by atoms with Crippen molar-refractivity contribution >= 4 is 5.91 Å². The van der Waals surface area contributed by atoms with Gasteiger partial charge in [0, 0.05) is 36.8 Å². The highest BCUT2D eigenvalue weighted by molar-refractivity contribution is 5.95. The molecule has 3 aliphatic rings. The number of piperidine rings is 1. The Bertz CT molecular complexity index is 790. The molecular formula is C30H49F3N2O2. The third-order valence-corrected chi connectivity index (χ3v) is 7.90. The summed E-state index contributed by atoms with van der Waals surface area (Å²) >= 11 is 0. The van der Waals surface area contributed by atoms with Gasteiger partial charge in [-0.25, -0.2) is 0 Å². The molecule has 3 fully saturated rings. The van der Waals surface area contributed by atoms with E-state index in [1.54, 1.807) is 0 Å². The van der Waals surface area contributed by atoms with Gasteiger partial charge in [-0.15, -0.1) is 0 Å². The fraction of sp³-hybridized carbons (Fsp3) is 0.767. The number of nitrogens with zero attached hydrogens (tertiary/aromatic N) is 2. The van der Waals surface area contributed by atoms with Crippen molar-refractivity contribution in [3.8, 4) is 0 Å². The van der Waals surface area contributed by atoms with Crippen molar-refractivity contribution in [1.29, 1.82) is 0 Å². The number of amides is 1. The van der Waals surface area contributed by atoms with Gasteiger partial charge >= 0.3 is 6.18 Å². The zero-order valence-electron chi connectivity index (χ0n) is 23.6. The average molecular weight is 527 g/mol. The Hall–Kier alpha value is -1.60. The SMILES string of the molecule is CC.CC(O)(c1ccc(C(=O)N(C2CC2)C2CCN(C3CCCCC3)CC2)cc1)C(F)(F)F.CCCC. The first-order valence-electron chi connectivity index (χ1n) is 14.6. The summed E-state index contributed by atoms with van der Waals surface area (Å²) in [6.07, 6.45) is 8.31. The maximum atomic E-state index is 13.3. The molecule has 4 rings (SSSR count). The molecule has 1 aromatic carbocycles. The predicted molar refractivity (Wildman–Crippen MR) is 145 cm³/mol. The van der Waals surface area contributed by atoms with Crippen LogP contribution >= 0.6 is 0 Å². The molecule has 0 spiro atoms. The predicted octanol–water partition coefficient (Wildman–Crippen LogP) is 7.69. The van der Waals surface area contributed by atoms with E-state index < -0.39 is 11.8 Å². The number of halogens is 3. The number of carbonyl (C=O) groups excluding carboxylic acids is 1. The number of benzene rings is 1. The van der Waals surface area contributed by atoms with Crippen LogP contribution in [-0.2, 0) is 5.60 Å². The number of hydrogen-bond donors (Lipinski definition) is 1. The number of rotatable bonds is 6. The lowest BCUT2D eigenvalue weighted by molar-refractivity contribution is -0.258. The molecule has 4 nitrogen and oxygen atoms in total. The van der Waals surface area contributed by atoms with Crippen molar-refractivity contribution in [2.75, 3.05) is 13.1 Å². The minimum absolute atomic E-state index is 0.100. The van der Waals surface area contributed by atoms with Crippen molar-refractivity contribution < 1.29 is 23.1 Å². The normalized spacial score (nSPS) is 21.1. The van der Waals surface area contributed by atoms with Crippen molar-refractivity contribution in [3.63, 3.8) is 0 Å². The highest BCUT2D eigenvalue weighted by Crippen LogP contribution is 2.39. The summed E-state index contributed by atoms with van der Waals surface area (Å²) in [6.45, 7) is 11.1. The van der Waals surface area contributed by atoms with Crippen molar-refractivity contribution in [2.45, 2.75) is 135 Å². The highest BCUT2D eigenvalue weighted by Gasteiger charge is 2.51. The van der Waals surface area contributed by atoms with E-state index >= 15 is 0 Å². The summed E-state index contributed by atoms with van der Waals surface area (Å²) in [4.78, 5) is 17.9. The number of carbonyl (C=O) groups is 1. The number of alkyl halides is 3. The molecule has 2 aliphatic carbocycles. The first kappa shape index (κ1) is 31.6. The summed E-state index contributed by atoms with van der Waals surface area (Å²) in [5.41, 5.74) is -2.80. The molecule has 0 bridgehead atoms. The van der Waals surface area contributed by atoms with E-state index in [4.69, 9.17) is 0 Å². The zero-order valence-corrected chi connectivity index (χ0v) is 23.6. The summed E-state index contributed by atoms with van der Waals surface area (Å²) in [6, 6.07) is 6.41. The molecule has 1 amide bonds. The molecule has 7 heteroatoms. The molecule has 0 aromatic heterocycles. The molecule has 1 saturated heterocycles. The fourth-order valence-corrected chi connectivity index (χ4v) is 5.21. The van der Waals surface area contributed by atoms with Gasteiger partial charge in [-0.2, -0.15) is 13.2 Å². The van der Waals surface area contributed by atoms with Crippen LogP contribution in [0.2, 0.25) is 0 Å². The lowest BCUT2D eigenvalue weighted by atomic mass is 9.91. The molecule has 1 unspecified atom stereocenters. The molecule has 1 aliphatic heterocycles. The summed E-state index contributed by atoms with van der Waals surface area (Å²) in [5.74, 6) is -0.100. The van der Waals surface area contributed by atoms with E-state index in [2.05, 4.69) is 18.7 Å². The number of aliphatic hydroxyl groups is 1. The van der Waals surface area contributed by atoms with Gasteiger partial charge in [0.25, 0.3) is 5.91 Å². The number of likely N-dealkylation sites (tertiary alicyclic amines) is 1. The smallest absolute Gasteiger partial charge is 0.376 e. The monoisotopic (exact) mass is 526 g/mol. The van der Waals surface area contributed by atoms with Crippen LogP contribution < -0.4 is 0 Å². The molecule has 0 radical (unpaired) electrons. The highest BCUT2D eigenvalue weighted by atomic mass is 19.4. The van der Waals surface area contributed by atoms with E-state index in [1.807, 2.05) is 18.7 Å². The first-order chi connectivity index (χ1) is 17.6. The Morgan fingerprint density at radius 1 is 0.892 bits per heavy atom. The summed E-state index contributed by atoms with van der Waals surface area (Å²) in [7, 11) is 0. The van der Waals surface area contributed by atoms with Crippen LogP contribution in [-0.4, -0.2) is 58.2 Å². The maximum absolute atomic E-state index is 13.3. The zero-order chi connectivity index (χ0) is 27.6. The van der Waals surface area contributed by atoms with Crippen LogP contribution in [0.1, 0.15) is 121 Å². The van der Waals surface area contributed by atoms with Gasteiger partial charge in [-0.3, -0.25) is 4.79 Å². The number of unbranched alkanes of at least 4 members (excludes halogenated alkanes) is 1. The van der Waals surface area contributed by atoms with Gasteiger partial charge in [0.2, 0.25) is 0 Å². The Labute approximate surface area is 222 Å². The van der Waals surface area contributed by atoms with Crippen LogP contribution in [0.25, 0.3) is 0 Å². The summed E-state index contributed by atoms with van der Waals surface area (Å²) < 4.78 is 39.3. The van der Waals surface area contributed by atoms with Gasteiger partial charge in [0.15, 0.2) is 5.60 Å². The van der Waals surface area contributed by atoms with E-state index in [1.165, 1.54) is 69.2 Å². The molecule has 2 saturated carbocycles. The van der Waals surface area contributed by atoms with Gasteiger partial charge < -0.3 is 14.9 Å². The van der Waals surface area contributed by atoms with E-state index in [9.17, 15) is 23.1 Å². The van der Waals surface area contributed by atoms with Crippen molar-refractivity contribution in [3.05, 3.63) is 35.4 Å². The van der Waals surface area contributed by atoms with Crippen LogP contribution in [0.15, 0.2) is 24.3 Å². The molecule has 37 heavy (non-hydrogen) atoms. The molecule has 1 atom stereocenters. The van der Waals surface area contributed by atoms with Crippen molar-refractivity contribution in [1.82, 2.24) is 9.80 Å². The topological polar surface area (TPSA) is 43.8 Å². The quantitative estimate of drug-likeness (QED) is 0.413. The van der Waals surface area contributed by atoms with Crippen LogP contribution in [0.4, 0.5) is 13.2 Å². The Kier molecular flexibility index (Phi) is 12.4. The van der Waals surface area contributed by atoms with Gasteiger partial charge in [0.1, 0.15) is 0 Å². The first-order valence-corrected chi connectivity index (χ1v) is 14.6. The molecule has 1 N–H and O–H groups in total. The van der Waals surface area contributed by atoms with Crippen LogP contribution in [0.5, 0.6) is 0 Å². The molecule has 212 valence electrons. The van der Waals surface area contributed by atoms with Gasteiger partial charge in [-0.05, 0) is 63.1 Å². The number of hydrogen-bond acceptors (Lipinski definition) is 3. The standard InChI is InChI=1S/C24H33F3N2O2.C4H10.C2H6/c1-23(31,24(25,26)27)18-9-7-17(8-10-18)22(30)29(20-11-12-20)21-13-15-28(16-14-21)19-5-3-2-4-6-19;1-3-4-2;1-2/h7-10,19-21,31H,2-6,11-16H2,1H3;3-4H2,1-2H3;1-2H3. The van der Waals surface area contributed by atoms with Crippen molar-refractivity contribution in [2.24, 2.45) is 0 Å². The largest absolute Gasteiger partial charge is 0.421 e. The minimum Gasteiger partial charge on any atom is -0.376 e. The van der Waals surface area contributed by atoms with E-state index in [-0.39, 0.29) is 23.6 Å². The third kappa shape index (κ3) is 8.44. The third-order valence-electron chi connectivity index (χ3n) is 7.90. The van der Waals surface area contributed by atoms with E-state index in [0.29, 0.717) is 11.6 Å². The molecule has 1 aromatic rings. The second kappa shape index (κ2) is 14.5. The lowest BCUT2D eigenvalue weighted by Crippen LogP contribution is -2.51. The van der Waals surface area contributed by atoms with Crippen LogP contribution in [0.3, 0.4) is 0 Å². The second-order valence-electron chi connectivity index (χ2n) is 10.6. The average Bonchev–Trinajstić information content (AvgIpc) is 3.75. The minimum atomic E-state index is -4.77. The lowest BCUT2D eigenvalue weighted by Gasteiger charge is -2.42. The maximum Gasteiger partial charge on any atom is 0.421 e. The molecule has 1 heterocycles. The molecular weight excluding hydrogens is 477 g/mol. The van der Waals surface area contributed by atoms with E-state index in [0.717, 1.165) is 45.7 Å². The van der Waals surface area contributed by atoms with Gasteiger partial charge in [-0.1, -0.05) is 71.9 Å².